The molecule has 3 heterocycles. The van der Waals surface area contributed by atoms with E-state index >= 15 is 0 Å². The second-order valence-corrected chi connectivity index (χ2v) is 9.60. The number of methoxy groups -OCH3 is 2. The van der Waals surface area contributed by atoms with Crippen molar-refractivity contribution in [3.63, 3.8) is 0 Å². The van der Waals surface area contributed by atoms with Gasteiger partial charge in [-0.2, -0.15) is 0 Å². The van der Waals surface area contributed by atoms with E-state index in [0.717, 1.165) is 22.4 Å². The Hall–Kier alpha value is -4.47. The molecule has 0 amide bonds. The lowest BCUT2D eigenvalue weighted by molar-refractivity contribution is -0.141. The topological polar surface area (TPSA) is 114 Å². The molecule has 1 saturated heterocycles. The number of benzene rings is 3. The maximum Gasteiger partial charge on any atom is 0.310 e. The van der Waals surface area contributed by atoms with Gasteiger partial charge in [-0.15, -0.1) is 0 Å². The van der Waals surface area contributed by atoms with Gasteiger partial charge in [0.05, 0.1) is 32.8 Å². The van der Waals surface area contributed by atoms with E-state index in [1.54, 1.807) is 12.1 Å². The van der Waals surface area contributed by atoms with Crippen LogP contribution >= 0.6 is 0 Å². The smallest absolute Gasteiger partial charge is 0.310 e. The van der Waals surface area contributed by atoms with Gasteiger partial charge in [-0.1, -0.05) is 0 Å². The van der Waals surface area contributed by atoms with E-state index in [4.69, 9.17) is 33.2 Å². The molecule has 196 valence electrons. The molecule has 2 N–H and O–H groups in total. The van der Waals surface area contributed by atoms with Crippen LogP contribution in [0.5, 0.6) is 40.2 Å². The molecule has 0 radical (unpaired) electrons. The standard InChI is InChI=1S/C28H25NO9/c1-32-22-5-13(6-23(33-2)27(22)30)24-15-8-20-21(38-12-37-20)9-16(15)26(17-10-34-28(31)25(17)24)29-14-3-4-18-19(7-14)36-11-35-18/h3-9,17,24-26,29-30H,10-12H2,1-2H3/t17?,24-,25-,26+/m0/s1. The molecule has 3 aromatic rings. The minimum Gasteiger partial charge on any atom is -0.502 e. The van der Waals surface area contributed by atoms with Crippen molar-refractivity contribution in [3.8, 4) is 40.2 Å². The fraction of sp³-hybridized carbons (Fsp3) is 0.321. The van der Waals surface area contributed by atoms with Crippen molar-refractivity contribution in [2.45, 2.75) is 12.0 Å². The summed E-state index contributed by atoms with van der Waals surface area (Å²) in [5.41, 5.74) is 3.43. The third-order valence-corrected chi connectivity index (χ3v) is 7.74. The van der Waals surface area contributed by atoms with Crippen LogP contribution in [-0.2, 0) is 9.53 Å². The highest BCUT2D eigenvalue weighted by atomic mass is 16.7. The SMILES string of the molecule is COc1cc([C@H]2c3cc4c(cc3[C@@H](Nc3ccc5c(c3)OCO5)C3COC(=O)[C@@H]32)OCO4)cc(OC)c1O. The molecule has 4 aliphatic rings. The number of phenols is 1. The van der Waals surface area contributed by atoms with Crippen LogP contribution in [0.2, 0.25) is 0 Å². The first-order valence-corrected chi connectivity index (χ1v) is 12.3. The maximum atomic E-state index is 13.3. The Morgan fingerprint density at radius 2 is 1.45 bits per heavy atom. The van der Waals surface area contributed by atoms with Crippen molar-refractivity contribution >= 4 is 11.7 Å². The van der Waals surface area contributed by atoms with Gasteiger partial charge in [0.1, 0.15) is 0 Å². The van der Waals surface area contributed by atoms with Crippen molar-refractivity contribution in [2.24, 2.45) is 11.8 Å². The number of phenolic OH excluding ortho intramolecular Hbond substituents is 1. The van der Waals surface area contributed by atoms with Gasteiger partial charge in [0, 0.05) is 23.6 Å². The van der Waals surface area contributed by atoms with Gasteiger partial charge in [0.15, 0.2) is 34.5 Å². The number of carbonyl (C=O) groups is 1. The largest absolute Gasteiger partial charge is 0.502 e. The number of hydrogen-bond donors (Lipinski definition) is 2. The van der Waals surface area contributed by atoms with Crippen LogP contribution in [0, 0.1) is 11.8 Å². The van der Waals surface area contributed by atoms with Gasteiger partial charge in [-0.05, 0) is 53.1 Å². The Morgan fingerprint density at radius 3 is 2.13 bits per heavy atom. The van der Waals surface area contributed by atoms with Crippen LogP contribution in [0.3, 0.4) is 0 Å². The Bertz CT molecular complexity index is 1430. The van der Waals surface area contributed by atoms with Gasteiger partial charge in [0.25, 0.3) is 0 Å². The molecule has 0 spiro atoms. The Morgan fingerprint density at radius 1 is 0.816 bits per heavy atom. The van der Waals surface area contributed by atoms with Crippen LogP contribution in [0.15, 0.2) is 42.5 Å². The molecule has 0 saturated carbocycles. The number of nitrogens with one attached hydrogen (secondary N) is 1. The molecule has 38 heavy (non-hydrogen) atoms. The summed E-state index contributed by atoms with van der Waals surface area (Å²) in [6.07, 6.45) is 0. The first-order chi connectivity index (χ1) is 18.6. The number of carbonyl (C=O) groups excluding carboxylic acids is 1. The molecule has 1 fully saturated rings. The maximum absolute atomic E-state index is 13.3. The predicted octanol–water partition coefficient (Wildman–Crippen LogP) is 3.95. The van der Waals surface area contributed by atoms with E-state index < -0.39 is 11.8 Å². The molecule has 0 aromatic heterocycles. The highest BCUT2D eigenvalue weighted by Gasteiger charge is 2.52. The number of esters is 1. The monoisotopic (exact) mass is 519 g/mol. The second-order valence-electron chi connectivity index (χ2n) is 9.60. The number of anilines is 1. The fourth-order valence-electron chi connectivity index (χ4n) is 6.01. The van der Waals surface area contributed by atoms with Crippen molar-refractivity contribution < 1.29 is 43.1 Å². The molecule has 4 atom stereocenters. The number of aromatic hydroxyl groups is 1. The zero-order valence-corrected chi connectivity index (χ0v) is 20.7. The number of fused-ring (bicyclic) bond motifs is 4. The first-order valence-electron chi connectivity index (χ1n) is 12.3. The summed E-state index contributed by atoms with van der Waals surface area (Å²) in [6, 6.07) is 12.8. The fourth-order valence-corrected chi connectivity index (χ4v) is 6.01. The second kappa shape index (κ2) is 8.54. The molecule has 10 heteroatoms. The number of rotatable bonds is 5. The van der Waals surface area contributed by atoms with Gasteiger partial charge in [0.2, 0.25) is 19.3 Å². The summed E-state index contributed by atoms with van der Waals surface area (Å²) < 4.78 is 39.0. The van der Waals surface area contributed by atoms with Gasteiger partial charge >= 0.3 is 5.97 Å². The summed E-state index contributed by atoms with van der Waals surface area (Å²) in [6.45, 7) is 0.560. The van der Waals surface area contributed by atoms with E-state index in [2.05, 4.69) is 5.32 Å². The van der Waals surface area contributed by atoms with E-state index in [0.29, 0.717) is 23.0 Å². The van der Waals surface area contributed by atoms with Crippen molar-refractivity contribution in [2.75, 3.05) is 39.7 Å². The lowest BCUT2D eigenvalue weighted by Gasteiger charge is -2.40. The average molecular weight is 520 g/mol. The van der Waals surface area contributed by atoms with Crippen molar-refractivity contribution in [1.82, 2.24) is 0 Å². The normalized spacial score (nSPS) is 23.9. The summed E-state index contributed by atoms with van der Waals surface area (Å²) in [5, 5.41) is 14.2. The Labute approximate surface area is 217 Å². The Kier molecular flexibility index (Phi) is 5.10. The van der Waals surface area contributed by atoms with E-state index in [-0.39, 0.29) is 55.4 Å². The highest BCUT2D eigenvalue weighted by Crippen LogP contribution is 2.56. The van der Waals surface area contributed by atoms with E-state index in [1.165, 1.54) is 14.2 Å². The summed E-state index contributed by atoms with van der Waals surface area (Å²) in [5.74, 6) is 1.62. The quantitative estimate of drug-likeness (QED) is 0.480. The lowest BCUT2D eigenvalue weighted by atomic mass is 9.65. The molecule has 1 aliphatic carbocycles. The molecule has 1 unspecified atom stereocenters. The number of cyclic esters (lactones) is 1. The molecular weight excluding hydrogens is 494 g/mol. The summed E-state index contributed by atoms with van der Waals surface area (Å²) in [7, 11) is 2.95. The van der Waals surface area contributed by atoms with Crippen LogP contribution in [-0.4, -0.2) is 45.5 Å². The molecule has 10 nitrogen and oxygen atoms in total. The zero-order chi connectivity index (χ0) is 26.0. The van der Waals surface area contributed by atoms with Gasteiger partial charge in [-0.25, -0.2) is 0 Å². The Balaban J connectivity index is 1.40. The summed E-state index contributed by atoms with van der Waals surface area (Å²) in [4.78, 5) is 13.3. The predicted molar refractivity (Wildman–Crippen MR) is 132 cm³/mol. The third-order valence-electron chi connectivity index (χ3n) is 7.74. The molecule has 3 aromatic carbocycles. The van der Waals surface area contributed by atoms with E-state index in [9.17, 15) is 9.90 Å². The lowest BCUT2D eigenvalue weighted by Crippen LogP contribution is -2.37. The van der Waals surface area contributed by atoms with Gasteiger partial charge in [-0.3, -0.25) is 4.79 Å². The minimum absolute atomic E-state index is 0.103. The van der Waals surface area contributed by atoms with Crippen molar-refractivity contribution in [1.29, 1.82) is 0 Å². The molecule has 3 aliphatic heterocycles. The minimum atomic E-state index is -0.506. The number of ether oxygens (including phenoxy) is 7. The van der Waals surface area contributed by atoms with Crippen molar-refractivity contribution in [3.05, 3.63) is 59.2 Å². The first kappa shape index (κ1) is 22.7. The molecular formula is C28H25NO9. The highest BCUT2D eigenvalue weighted by molar-refractivity contribution is 5.79. The third kappa shape index (κ3) is 3.36. The zero-order valence-electron chi connectivity index (χ0n) is 20.7. The van der Waals surface area contributed by atoms with Crippen LogP contribution in [0.4, 0.5) is 5.69 Å². The van der Waals surface area contributed by atoms with Crippen LogP contribution in [0.1, 0.15) is 28.7 Å². The van der Waals surface area contributed by atoms with Crippen LogP contribution < -0.4 is 33.7 Å². The van der Waals surface area contributed by atoms with Crippen LogP contribution in [0.25, 0.3) is 0 Å². The van der Waals surface area contributed by atoms with E-state index in [1.807, 2.05) is 30.3 Å². The average Bonchev–Trinajstić information content (AvgIpc) is 3.68. The molecule has 0 bridgehead atoms. The van der Waals surface area contributed by atoms with Gasteiger partial charge < -0.3 is 43.6 Å². The molecule has 7 rings (SSSR count). The summed E-state index contributed by atoms with van der Waals surface area (Å²) >= 11 is 0. The number of hydrogen-bond acceptors (Lipinski definition) is 10.